The average molecular weight is 405 g/mol. The van der Waals surface area contributed by atoms with E-state index < -0.39 is 17.4 Å². The fourth-order valence-electron chi connectivity index (χ4n) is 5.61. The molecule has 0 heterocycles. The number of hydrogen-bond donors (Lipinski definition) is 0. The Morgan fingerprint density at radius 1 is 0.862 bits per heavy atom. The topological polar surface area (TPSA) is 17.1 Å². The van der Waals surface area contributed by atoms with Gasteiger partial charge in [-0.2, -0.15) is 0 Å². The van der Waals surface area contributed by atoms with Gasteiger partial charge in [-0.1, -0.05) is 46.0 Å². The van der Waals surface area contributed by atoms with Gasteiger partial charge in [0.05, 0.1) is 5.56 Å². The third kappa shape index (κ3) is 5.89. The summed E-state index contributed by atoms with van der Waals surface area (Å²) in [5, 5.41) is 0. The number of carbonyl (C=O) groups is 1. The maximum Gasteiger partial charge on any atom is 0.168 e. The van der Waals surface area contributed by atoms with E-state index in [0.29, 0.717) is 6.42 Å². The van der Waals surface area contributed by atoms with E-state index >= 15 is 0 Å². The van der Waals surface area contributed by atoms with Crippen molar-refractivity contribution in [1.29, 1.82) is 0 Å². The lowest BCUT2D eigenvalue weighted by Crippen LogP contribution is -2.25. The van der Waals surface area contributed by atoms with Crippen LogP contribution in [-0.2, 0) is 0 Å². The monoisotopic (exact) mass is 404 g/mol. The molecule has 3 heteroatoms. The molecule has 0 aliphatic heterocycles. The molecule has 1 aromatic rings. The molecule has 0 aromatic heterocycles. The fraction of sp³-hybridized carbons (Fsp3) is 0.731. The first-order chi connectivity index (χ1) is 14.0. The van der Waals surface area contributed by atoms with Gasteiger partial charge in [0.15, 0.2) is 5.78 Å². The van der Waals surface area contributed by atoms with Crippen LogP contribution in [0.3, 0.4) is 0 Å². The van der Waals surface area contributed by atoms with Gasteiger partial charge in [-0.15, -0.1) is 0 Å². The summed E-state index contributed by atoms with van der Waals surface area (Å²) >= 11 is 0. The SMILES string of the molecule is CCCCCCC(=O)c1c(F)cc(C2CCC(C3CCC(C)CC3)CC2)cc1F. The number of benzene rings is 1. The molecule has 0 bridgehead atoms. The zero-order valence-corrected chi connectivity index (χ0v) is 18.3. The molecule has 0 amide bonds. The Balaban J connectivity index is 1.57. The summed E-state index contributed by atoms with van der Waals surface area (Å²) in [7, 11) is 0. The summed E-state index contributed by atoms with van der Waals surface area (Å²) in [5.74, 6) is 1.03. The molecule has 162 valence electrons. The van der Waals surface area contributed by atoms with Crippen LogP contribution < -0.4 is 0 Å². The van der Waals surface area contributed by atoms with Crippen molar-refractivity contribution in [3.05, 3.63) is 34.9 Å². The van der Waals surface area contributed by atoms with Crippen LogP contribution >= 0.6 is 0 Å². The zero-order valence-electron chi connectivity index (χ0n) is 18.3. The lowest BCUT2D eigenvalue weighted by atomic mass is 9.68. The summed E-state index contributed by atoms with van der Waals surface area (Å²) in [6.45, 7) is 4.46. The summed E-state index contributed by atoms with van der Waals surface area (Å²) in [5.41, 5.74) is 0.425. The highest BCUT2D eigenvalue weighted by Crippen LogP contribution is 2.44. The lowest BCUT2D eigenvalue weighted by Gasteiger charge is -2.37. The van der Waals surface area contributed by atoms with Crippen LogP contribution in [0.15, 0.2) is 12.1 Å². The highest BCUT2D eigenvalue weighted by atomic mass is 19.1. The Kier molecular flexibility index (Phi) is 8.26. The van der Waals surface area contributed by atoms with E-state index in [9.17, 15) is 13.6 Å². The van der Waals surface area contributed by atoms with Crippen LogP contribution in [-0.4, -0.2) is 5.78 Å². The number of unbranched alkanes of at least 4 members (excludes halogenated alkanes) is 3. The molecule has 3 rings (SSSR count). The van der Waals surface area contributed by atoms with Crippen molar-refractivity contribution < 1.29 is 13.6 Å². The second-order valence-electron chi connectivity index (χ2n) is 9.73. The van der Waals surface area contributed by atoms with Crippen LogP contribution in [0.2, 0.25) is 0 Å². The van der Waals surface area contributed by atoms with Crippen molar-refractivity contribution in [2.45, 2.75) is 103 Å². The van der Waals surface area contributed by atoms with Crippen molar-refractivity contribution in [1.82, 2.24) is 0 Å². The predicted molar refractivity (Wildman–Crippen MR) is 115 cm³/mol. The molecule has 29 heavy (non-hydrogen) atoms. The molecule has 0 atom stereocenters. The first-order valence-corrected chi connectivity index (χ1v) is 12.0. The van der Waals surface area contributed by atoms with Gasteiger partial charge in [-0.25, -0.2) is 8.78 Å². The van der Waals surface area contributed by atoms with Crippen LogP contribution in [0.25, 0.3) is 0 Å². The first-order valence-electron chi connectivity index (χ1n) is 12.0. The fourth-order valence-corrected chi connectivity index (χ4v) is 5.61. The Hall–Kier alpha value is -1.25. The summed E-state index contributed by atoms with van der Waals surface area (Å²) < 4.78 is 29.3. The van der Waals surface area contributed by atoms with E-state index in [0.717, 1.165) is 55.4 Å². The van der Waals surface area contributed by atoms with E-state index in [1.807, 2.05) is 0 Å². The molecule has 1 nitrogen and oxygen atoms in total. The standard InChI is InChI=1S/C26H38F2O/c1-3-4-5-6-7-25(29)26-23(27)16-22(17-24(26)28)21-14-12-20(13-15-21)19-10-8-18(2)9-11-19/h16-21H,3-15H2,1-2H3. The third-order valence-electron chi connectivity index (χ3n) is 7.57. The normalized spacial score (nSPS) is 27.7. The third-order valence-corrected chi connectivity index (χ3v) is 7.57. The van der Waals surface area contributed by atoms with Gasteiger partial charge in [0.25, 0.3) is 0 Å². The van der Waals surface area contributed by atoms with Crippen LogP contribution in [0, 0.1) is 29.4 Å². The summed E-state index contributed by atoms with van der Waals surface area (Å²) in [4.78, 5) is 12.3. The van der Waals surface area contributed by atoms with E-state index in [4.69, 9.17) is 0 Å². The van der Waals surface area contributed by atoms with E-state index in [-0.39, 0.29) is 17.9 Å². The van der Waals surface area contributed by atoms with Gasteiger partial charge in [-0.05, 0) is 86.3 Å². The molecule has 0 N–H and O–H groups in total. The van der Waals surface area contributed by atoms with Crippen molar-refractivity contribution >= 4 is 5.78 Å². The molecular formula is C26H38F2O. The molecule has 1 aromatic carbocycles. The second kappa shape index (κ2) is 10.7. The highest BCUT2D eigenvalue weighted by Gasteiger charge is 2.31. The number of hydrogen-bond acceptors (Lipinski definition) is 1. The first kappa shape index (κ1) is 22.4. The van der Waals surface area contributed by atoms with E-state index in [2.05, 4.69) is 13.8 Å². The van der Waals surface area contributed by atoms with E-state index in [1.165, 1.54) is 50.7 Å². The largest absolute Gasteiger partial charge is 0.294 e. The Morgan fingerprint density at radius 3 is 1.97 bits per heavy atom. The molecule has 2 aliphatic rings. The second-order valence-corrected chi connectivity index (χ2v) is 9.73. The van der Waals surface area contributed by atoms with Crippen LogP contribution in [0.1, 0.15) is 119 Å². The number of carbonyl (C=O) groups excluding carboxylic acids is 1. The van der Waals surface area contributed by atoms with Gasteiger partial charge in [0, 0.05) is 6.42 Å². The predicted octanol–water partition coefficient (Wildman–Crippen LogP) is 8.22. The van der Waals surface area contributed by atoms with E-state index in [1.54, 1.807) is 0 Å². The van der Waals surface area contributed by atoms with Crippen molar-refractivity contribution in [2.24, 2.45) is 17.8 Å². The van der Waals surface area contributed by atoms with Crippen LogP contribution in [0.4, 0.5) is 8.78 Å². The molecule has 2 aliphatic carbocycles. The van der Waals surface area contributed by atoms with Crippen molar-refractivity contribution in [3.8, 4) is 0 Å². The maximum absolute atomic E-state index is 14.6. The maximum atomic E-state index is 14.6. The van der Waals surface area contributed by atoms with Gasteiger partial charge in [0.2, 0.25) is 0 Å². The molecule has 0 spiro atoms. The Labute approximate surface area is 175 Å². The molecule has 0 saturated heterocycles. The number of rotatable bonds is 8. The van der Waals surface area contributed by atoms with Gasteiger partial charge >= 0.3 is 0 Å². The Bertz CT molecular complexity index is 644. The lowest BCUT2D eigenvalue weighted by molar-refractivity contribution is 0.0971. The minimum atomic E-state index is -0.663. The number of halogens is 2. The smallest absolute Gasteiger partial charge is 0.168 e. The molecule has 2 saturated carbocycles. The summed E-state index contributed by atoms with van der Waals surface area (Å²) in [6, 6.07) is 2.88. The molecule has 0 unspecified atom stereocenters. The zero-order chi connectivity index (χ0) is 20.8. The molecular weight excluding hydrogens is 366 g/mol. The van der Waals surface area contributed by atoms with Crippen LogP contribution in [0.5, 0.6) is 0 Å². The van der Waals surface area contributed by atoms with Crippen molar-refractivity contribution in [2.75, 3.05) is 0 Å². The average Bonchev–Trinajstić information content (AvgIpc) is 2.71. The summed E-state index contributed by atoms with van der Waals surface area (Å²) in [6.07, 6.45) is 13.8. The van der Waals surface area contributed by atoms with Gasteiger partial charge < -0.3 is 0 Å². The molecule has 2 fully saturated rings. The van der Waals surface area contributed by atoms with Gasteiger partial charge in [0.1, 0.15) is 11.6 Å². The minimum absolute atomic E-state index is 0.228. The highest BCUT2D eigenvalue weighted by molar-refractivity contribution is 5.96. The number of ketones is 1. The Morgan fingerprint density at radius 2 is 1.41 bits per heavy atom. The van der Waals surface area contributed by atoms with Gasteiger partial charge in [-0.3, -0.25) is 4.79 Å². The molecule has 0 radical (unpaired) electrons. The quantitative estimate of drug-likeness (QED) is 0.315. The van der Waals surface area contributed by atoms with Crippen molar-refractivity contribution in [3.63, 3.8) is 0 Å². The number of Topliss-reactive ketones (excluding diaryl/α,β-unsaturated/α-hetero) is 1. The minimum Gasteiger partial charge on any atom is -0.294 e.